The monoisotopic (exact) mass is 243 g/mol. The lowest BCUT2D eigenvalue weighted by atomic mass is 10.1. The van der Waals surface area contributed by atoms with Crippen molar-refractivity contribution in [2.24, 2.45) is 0 Å². The Morgan fingerprint density at radius 1 is 1.22 bits per heavy atom. The molecule has 1 heterocycles. The lowest BCUT2D eigenvalue weighted by Crippen LogP contribution is -2.08. The quantitative estimate of drug-likeness (QED) is 0.897. The van der Waals surface area contributed by atoms with Crippen molar-refractivity contribution in [3.63, 3.8) is 0 Å². The molecule has 94 valence electrons. The molecule has 1 aromatic heterocycles. The molecule has 1 unspecified atom stereocenters. The van der Waals surface area contributed by atoms with Gasteiger partial charge >= 0.3 is 0 Å². The standard InChI is InChI=1S/C14H17N3O/c1-3-12-13(15)16-9-17-14(12)18-10(2)11-7-5-4-6-8-11/h4-10H,3H2,1-2H3,(H2,15,16,17). The van der Waals surface area contributed by atoms with Gasteiger partial charge in [0, 0.05) is 0 Å². The van der Waals surface area contributed by atoms with Gasteiger partial charge in [0.2, 0.25) is 5.88 Å². The van der Waals surface area contributed by atoms with Gasteiger partial charge in [-0.05, 0) is 18.9 Å². The first-order valence-electron chi connectivity index (χ1n) is 6.03. The Bertz CT molecular complexity index is 514. The second-order valence-electron chi connectivity index (χ2n) is 4.07. The summed E-state index contributed by atoms with van der Waals surface area (Å²) < 4.78 is 5.87. The van der Waals surface area contributed by atoms with Crippen molar-refractivity contribution in [3.05, 3.63) is 47.8 Å². The Morgan fingerprint density at radius 3 is 2.61 bits per heavy atom. The predicted octanol–water partition coefficient (Wildman–Crippen LogP) is 2.76. The van der Waals surface area contributed by atoms with Crippen LogP contribution in [-0.4, -0.2) is 9.97 Å². The van der Waals surface area contributed by atoms with Crippen molar-refractivity contribution >= 4 is 5.82 Å². The number of nitrogens with two attached hydrogens (primary N) is 1. The van der Waals surface area contributed by atoms with E-state index in [1.165, 1.54) is 6.33 Å². The van der Waals surface area contributed by atoms with Crippen molar-refractivity contribution in [1.29, 1.82) is 0 Å². The van der Waals surface area contributed by atoms with Crippen LogP contribution in [0.1, 0.15) is 31.1 Å². The van der Waals surface area contributed by atoms with E-state index in [4.69, 9.17) is 10.5 Å². The summed E-state index contributed by atoms with van der Waals surface area (Å²) in [6, 6.07) is 10.0. The van der Waals surface area contributed by atoms with Gasteiger partial charge in [-0.1, -0.05) is 37.3 Å². The summed E-state index contributed by atoms with van der Waals surface area (Å²) in [5, 5.41) is 0. The Labute approximate surface area is 107 Å². The number of hydrogen-bond acceptors (Lipinski definition) is 4. The summed E-state index contributed by atoms with van der Waals surface area (Å²) in [5.41, 5.74) is 7.78. The molecule has 0 fully saturated rings. The maximum Gasteiger partial charge on any atom is 0.222 e. The first-order chi connectivity index (χ1) is 8.72. The highest BCUT2D eigenvalue weighted by molar-refractivity contribution is 5.44. The van der Waals surface area contributed by atoms with E-state index in [1.807, 2.05) is 44.2 Å². The third-order valence-electron chi connectivity index (χ3n) is 2.85. The molecule has 4 heteroatoms. The molecular formula is C14H17N3O. The molecule has 0 saturated heterocycles. The molecule has 1 atom stereocenters. The highest BCUT2D eigenvalue weighted by Gasteiger charge is 2.13. The van der Waals surface area contributed by atoms with E-state index in [1.54, 1.807) is 0 Å². The van der Waals surface area contributed by atoms with Gasteiger partial charge < -0.3 is 10.5 Å². The van der Waals surface area contributed by atoms with E-state index in [9.17, 15) is 0 Å². The maximum absolute atomic E-state index is 5.87. The van der Waals surface area contributed by atoms with Crippen LogP contribution in [0.2, 0.25) is 0 Å². The lowest BCUT2D eigenvalue weighted by molar-refractivity contribution is 0.215. The molecule has 2 N–H and O–H groups in total. The van der Waals surface area contributed by atoms with Crippen molar-refractivity contribution < 1.29 is 4.74 Å². The molecular weight excluding hydrogens is 226 g/mol. The van der Waals surface area contributed by atoms with Gasteiger partial charge in [-0.3, -0.25) is 0 Å². The second-order valence-corrected chi connectivity index (χ2v) is 4.07. The molecule has 0 bridgehead atoms. The van der Waals surface area contributed by atoms with E-state index >= 15 is 0 Å². The minimum absolute atomic E-state index is 0.0641. The van der Waals surface area contributed by atoms with Crippen LogP contribution in [0.3, 0.4) is 0 Å². The summed E-state index contributed by atoms with van der Waals surface area (Å²) >= 11 is 0. The van der Waals surface area contributed by atoms with E-state index < -0.39 is 0 Å². The van der Waals surface area contributed by atoms with E-state index in [2.05, 4.69) is 9.97 Å². The van der Waals surface area contributed by atoms with Crippen LogP contribution in [0.15, 0.2) is 36.7 Å². The number of hydrogen-bond donors (Lipinski definition) is 1. The summed E-state index contributed by atoms with van der Waals surface area (Å²) in [6.07, 6.45) is 2.12. The molecule has 0 radical (unpaired) electrons. The van der Waals surface area contributed by atoms with Crippen LogP contribution in [0.5, 0.6) is 5.88 Å². The van der Waals surface area contributed by atoms with Crippen LogP contribution in [0.25, 0.3) is 0 Å². The summed E-state index contributed by atoms with van der Waals surface area (Å²) in [4.78, 5) is 8.14. The number of ether oxygens (including phenoxy) is 1. The fourth-order valence-electron chi connectivity index (χ4n) is 1.80. The zero-order valence-electron chi connectivity index (χ0n) is 10.6. The fourth-order valence-corrected chi connectivity index (χ4v) is 1.80. The zero-order valence-corrected chi connectivity index (χ0v) is 10.6. The van der Waals surface area contributed by atoms with Gasteiger partial charge in [0.15, 0.2) is 0 Å². The predicted molar refractivity (Wildman–Crippen MR) is 71.3 cm³/mol. The highest BCUT2D eigenvalue weighted by Crippen LogP contribution is 2.25. The largest absolute Gasteiger partial charge is 0.469 e. The molecule has 2 rings (SSSR count). The number of nitrogens with zero attached hydrogens (tertiary/aromatic N) is 2. The first kappa shape index (κ1) is 12.4. The normalized spacial score (nSPS) is 12.1. The highest BCUT2D eigenvalue weighted by atomic mass is 16.5. The molecule has 18 heavy (non-hydrogen) atoms. The Morgan fingerprint density at radius 2 is 1.94 bits per heavy atom. The van der Waals surface area contributed by atoms with Crippen molar-refractivity contribution in [2.45, 2.75) is 26.4 Å². The minimum Gasteiger partial charge on any atom is -0.469 e. The van der Waals surface area contributed by atoms with E-state index in [-0.39, 0.29) is 6.10 Å². The van der Waals surface area contributed by atoms with Gasteiger partial charge in [-0.25, -0.2) is 9.97 Å². The van der Waals surface area contributed by atoms with Crippen LogP contribution in [0.4, 0.5) is 5.82 Å². The number of rotatable bonds is 4. The number of benzene rings is 1. The topological polar surface area (TPSA) is 61.0 Å². The lowest BCUT2D eigenvalue weighted by Gasteiger charge is -2.16. The maximum atomic E-state index is 5.87. The van der Waals surface area contributed by atoms with Gasteiger partial charge in [0.1, 0.15) is 18.2 Å². The second kappa shape index (κ2) is 5.49. The molecule has 0 aliphatic heterocycles. The fraction of sp³-hybridized carbons (Fsp3) is 0.286. The molecule has 0 saturated carbocycles. The number of anilines is 1. The SMILES string of the molecule is CCc1c(N)ncnc1OC(C)c1ccccc1. The first-order valence-corrected chi connectivity index (χ1v) is 6.03. The molecule has 0 aliphatic carbocycles. The van der Waals surface area contributed by atoms with Gasteiger partial charge in [-0.15, -0.1) is 0 Å². The average Bonchev–Trinajstić information content (AvgIpc) is 2.40. The van der Waals surface area contributed by atoms with Crippen molar-refractivity contribution in [1.82, 2.24) is 9.97 Å². The van der Waals surface area contributed by atoms with Gasteiger partial charge in [0.05, 0.1) is 5.56 Å². The summed E-state index contributed by atoms with van der Waals surface area (Å²) in [5.74, 6) is 1.06. The summed E-state index contributed by atoms with van der Waals surface area (Å²) in [6.45, 7) is 4.00. The van der Waals surface area contributed by atoms with Crippen LogP contribution >= 0.6 is 0 Å². The number of nitrogen functional groups attached to an aromatic ring is 1. The number of aromatic nitrogens is 2. The molecule has 1 aromatic carbocycles. The Hall–Kier alpha value is -2.10. The zero-order chi connectivity index (χ0) is 13.0. The van der Waals surface area contributed by atoms with Crippen molar-refractivity contribution in [2.75, 3.05) is 5.73 Å². The molecule has 0 amide bonds. The van der Waals surface area contributed by atoms with Crippen LogP contribution in [-0.2, 0) is 6.42 Å². The molecule has 4 nitrogen and oxygen atoms in total. The summed E-state index contributed by atoms with van der Waals surface area (Å²) in [7, 11) is 0. The third-order valence-corrected chi connectivity index (χ3v) is 2.85. The molecule has 2 aromatic rings. The molecule has 0 spiro atoms. The van der Waals surface area contributed by atoms with Crippen molar-refractivity contribution in [3.8, 4) is 5.88 Å². The molecule has 0 aliphatic rings. The van der Waals surface area contributed by atoms with Gasteiger partial charge in [0.25, 0.3) is 0 Å². The minimum atomic E-state index is -0.0641. The third kappa shape index (κ3) is 2.59. The average molecular weight is 243 g/mol. The van der Waals surface area contributed by atoms with Crippen LogP contribution in [0, 0.1) is 0 Å². The smallest absolute Gasteiger partial charge is 0.222 e. The Balaban J connectivity index is 2.22. The van der Waals surface area contributed by atoms with Gasteiger partial charge in [-0.2, -0.15) is 0 Å². The van der Waals surface area contributed by atoms with E-state index in [0.717, 1.165) is 17.5 Å². The van der Waals surface area contributed by atoms with E-state index in [0.29, 0.717) is 11.7 Å². The Kier molecular flexibility index (Phi) is 3.77. The van der Waals surface area contributed by atoms with Crippen LogP contribution < -0.4 is 10.5 Å².